The maximum absolute atomic E-state index is 12.6. The molecule has 8 nitrogen and oxygen atoms in total. The number of ether oxygens (including phenoxy) is 1. The van der Waals surface area contributed by atoms with Crippen LogP contribution in [0.3, 0.4) is 0 Å². The van der Waals surface area contributed by atoms with E-state index in [9.17, 15) is 19.2 Å². The van der Waals surface area contributed by atoms with Crippen LogP contribution in [-0.2, 0) is 19.1 Å². The summed E-state index contributed by atoms with van der Waals surface area (Å²) in [5.74, 6) is -1.47. The fourth-order valence-electron chi connectivity index (χ4n) is 3.02. The second-order valence-corrected chi connectivity index (χ2v) is 8.21. The minimum atomic E-state index is -0.893. The molecular weight excluding hydrogens is 338 g/mol. The molecule has 0 heterocycles. The van der Waals surface area contributed by atoms with Gasteiger partial charge in [0.15, 0.2) is 6.61 Å². The van der Waals surface area contributed by atoms with Crippen molar-refractivity contribution in [2.75, 3.05) is 6.61 Å². The zero-order valence-electron chi connectivity index (χ0n) is 16.4. The van der Waals surface area contributed by atoms with E-state index >= 15 is 0 Å². The van der Waals surface area contributed by atoms with Crippen molar-refractivity contribution in [3.05, 3.63) is 0 Å². The zero-order chi connectivity index (χ0) is 20.0. The molecule has 1 aliphatic rings. The van der Waals surface area contributed by atoms with Gasteiger partial charge < -0.3 is 15.4 Å². The van der Waals surface area contributed by atoms with E-state index in [1.165, 1.54) is 0 Å². The molecule has 0 bridgehead atoms. The van der Waals surface area contributed by atoms with E-state index in [0.29, 0.717) is 12.8 Å². The molecule has 4 amide bonds. The topological polar surface area (TPSA) is 114 Å². The van der Waals surface area contributed by atoms with E-state index in [-0.39, 0.29) is 23.9 Å². The summed E-state index contributed by atoms with van der Waals surface area (Å²) in [5.41, 5.74) is -1.28. The molecule has 1 fully saturated rings. The van der Waals surface area contributed by atoms with Crippen LogP contribution >= 0.6 is 0 Å². The molecule has 3 N–H and O–H groups in total. The van der Waals surface area contributed by atoms with E-state index in [2.05, 4.69) is 16.0 Å². The predicted molar refractivity (Wildman–Crippen MR) is 96.2 cm³/mol. The Morgan fingerprint density at radius 2 is 1.62 bits per heavy atom. The normalized spacial score (nSPS) is 16.1. The minimum Gasteiger partial charge on any atom is -0.455 e. The van der Waals surface area contributed by atoms with Gasteiger partial charge >= 0.3 is 12.0 Å². The lowest BCUT2D eigenvalue weighted by atomic mass is 9.82. The molecule has 1 rings (SSSR count). The fourth-order valence-corrected chi connectivity index (χ4v) is 3.02. The number of rotatable bonds is 6. The molecule has 0 spiro atoms. The van der Waals surface area contributed by atoms with Crippen molar-refractivity contribution in [2.45, 2.75) is 78.3 Å². The predicted octanol–water partition coefficient (Wildman–Crippen LogP) is 1.63. The largest absolute Gasteiger partial charge is 0.455 e. The second kappa shape index (κ2) is 9.00. The molecule has 26 heavy (non-hydrogen) atoms. The second-order valence-electron chi connectivity index (χ2n) is 8.21. The molecule has 0 atom stereocenters. The van der Waals surface area contributed by atoms with E-state index < -0.39 is 29.9 Å². The van der Waals surface area contributed by atoms with E-state index in [0.717, 1.165) is 12.8 Å². The number of urea groups is 1. The van der Waals surface area contributed by atoms with Crippen molar-refractivity contribution in [1.29, 1.82) is 0 Å². The van der Waals surface area contributed by atoms with Crippen molar-refractivity contribution >= 4 is 23.8 Å². The number of esters is 1. The van der Waals surface area contributed by atoms with Gasteiger partial charge in [0, 0.05) is 18.0 Å². The molecule has 0 saturated heterocycles. The van der Waals surface area contributed by atoms with Crippen LogP contribution in [0.25, 0.3) is 0 Å². The summed E-state index contributed by atoms with van der Waals surface area (Å²) in [5, 5.41) is 7.46. The van der Waals surface area contributed by atoms with Crippen LogP contribution in [0.5, 0.6) is 0 Å². The van der Waals surface area contributed by atoms with Crippen LogP contribution in [0.15, 0.2) is 0 Å². The van der Waals surface area contributed by atoms with Crippen molar-refractivity contribution in [1.82, 2.24) is 16.0 Å². The molecule has 1 aliphatic carbocycles. The lowest BCUT2D eigenvalue weighted by molar-refractivity contribution is -0.160. The third-order valence-corrected chi connectivity index (χ3v) is 4.01. The standard InChI is InChI=1S/C18H31N3O5/c1-12(2)19-16(25)20-14(23)11-26-15(24)18(8-6-7-9-18)10-13(22)21-17(3,4)5/h12H,6-11H2,1-5H3,(H,21,22)(H2,19,20,23,25). The Hall–Kier alpha value is -2.12. The number of carbonyl (C=O) groups is 4. The Morgan fingerprint density at radius 3 is 2.12 bits per heavy atom. The van der Waals surface area contributed by atoms with Gasteiger partial charge in [-0.05, 0) is 47.5 Å². The summed E-state index contributed by atoms with van der Waals surface area (Å²) < 4.78 is 5.12. The van der Waals surface area contributed by atoms with E-state index in [1.807, 2.05) is 20.8 Å². The smallest absolute Gasteiger partial charge is 0.321 e. The van der Waals surface area contributed by atoms with Gasteiger partial charge in [-0.3, -0.25) is 19.7 Å². The van der Waals surface area contributed by atoms with Gasteiger partial charge in [0.1, 0.15) is 0 Å². The summed E-state index contributed by atoms with van der Waals surface area (Å²) >= 11 is 0. The Balaban J connectivity index is 2.59. The van der Waals surface area contributed by atoms with Gasteiger partial charge in [-0.15, -0.1) is 0 Å². The SMILES string of the molecule is CC(C)NC(=O)NC(=O)COC(=O)C1(CC(=O)NC(C)(C)C)CCCC1. The van der Waals surface area contributed by atoms with E-state index in [1.54, 1.807) is 13.8 Å². The van der Waals surface area contributed by atoms with Gasteiger partial charge in [0.25, 0.3) is 5.91 Å². The summed E-state index contributed by atoms with van der Waals surface area (Å²) in [6.07, 6.45) is 2.82. The molecule has 1 saturated carbocycles. The van der Waals surface area contributed by atoms with Crippen LogP contribution < -0.4 is 16.0 Å². The van der Waals surface area contributed by atoms with Crippen molar-refractivity contribution in [3.63, 3.8) is 0 Å². The van der Waals surface area contributed by atoms with Gasteiger partial charge in [0.05, 0.1) is 5.41 Å². The molecule has 0 aromatic rings. The molecule has 0 aromatic heterocycles. The van der Waals surface area contributed by atoms with Gasteiger partial charge in [-0.25, -0.2) is 4.79 Å². The number of hydrogen-bond acceptors (Lipinski definition) is 5. The fraction of sp³-hybridized carbons (Fsp3) is 0.778. The zero-order valence-corrected chi connectivity index (χ0v) is 16.4. The number of amides is 4. The lowest BCUT2D eigenvalue weighted by Crippen LogP contribution is -2.46. The van der Waals surface area contributed by atoms with Crippen molar-refractivity contribution < 1.29 is 23.9 Å². The van der Waals surface area contributed by atoms with Gasteiger partial charge in [-0.2, -0.15) is 0 Å². The van der Waals surface area contributed by atoms with Crippen LogP contribution in [0, 0.1) is 5.41 Å². The monoisotopic (exact) mass is 369 g/mol. The summed E-state index contributed by atoms with van der Waals surface area (Å²) in [4.78, 5) is 48.0. The van der Waals surface area contributed by atoms with Crippen LogP contribution in [0.2, 0.25) is 0 Å². The summed E-state index contributed by atoms with van der Waals surface area (Å²) in [6.45, 7) is 8.59. The highest BCUT2D eigenvalue weighted by molar-refractivity contribution is 5.96. The summed E-state index contributed by atoms with van der Waals surface area (Å²) in [7, 11) is 0. The van der Waals surface area contributed by atoms with Gasteiger partial charge in [-0.1, -0.05) is 12.8 Å². The first-order valence-electron chi connectivity index (χ1n) is 9.02. The first kappa shape index (κ1) is 21.9. The minimum absolute atomic E-state index is 0.0402. The highest BCUT2D eigenvalue weighted by Gasteiger charge is 2.44. The molecule has 0 aromatic carbocycles. The highest BCUT2D eigenvalue weighted by Crippen LogP contribution is 2.42. The van der Waals surface area contributed by atoms with Crippen molar-refractivity contribution in [2.24, 2.45) is 5.41 Å². The third-order valence-electron chi connectivity index (χ3n) is 4.01. The first-order valence-corrected chi connectivity index (χ1v) is 9.02. The Morgan fingerprint density at radius 1 is 1.04 bits per heavy atom. The third kappa shape index (κ3) is 7.41. The van der Waals surface area contributed by atoms with E-state index in [4.69, 9.17) is 4.74 Å². The molecule has 0 radical (unpaired) electrons. The summed E-state index contributed by atoms with van der Waals surface area (Å²) in [6, 6.07) is -0.755. The Labute approximate surface area is 154 Å². The van der Waals surface area contributed by atoms with Gasteiger partial charge in [0.2, 0.25) is 5.91 Å². The average Bonchev–Trinajstić information content (AvgIpc) is 2.91. The quantitative estimate of drug-likeness (QED) is 0.616. The number of imide groups is 1. The average molecular weight is 369 g/mol. The lowest BCUT2D eigenvalue weighted by Gasteiger charge is -2.28. The number of hydrogen-bond donors (Lipinski definition) is 3. The number of carbonyl (C=O) groups excluding carboxylic acids is 4. The first-order chi connectivity index (χ1) is 11.9. The molecular formula is C18H31N3O5. The van der Waals surface area contributed by atoms with Crippen molar-refractivity contribution in [3.8, 4) is 0 Å². The molecule has 8 heteroatoms. The Bertz CT molecular complexity index is 546. The highest BCUT2D eigenvalue weighted by atomic mass is 16.5. The molecule has 148 valence electrons. The van der Waals surface area contributed by atoms with Crippen LogP contribution in [-0.4, -0.2) is 42.0 Å². The maximum atomic E-state index is 12.6. The number of nitrogens with one attached hydrogen (secondary N) is 3. The van der Waals surface area contributed by atoms with Crippen LogP contribution in [0.4, 0.5) is 4.79 Å². The Kier molecular flexibility index (Phi) is 7.59. The van der Waals surface area contributed by atoms with Crippen LogP contribution in [0.1, 0.15) is 66.7 Å². The molecule has 0 unspecified atom stereocenters. The maximum Gasteiger partial charge on any atom is 0.321 e. The molecule has 0 aliphatic heterocycles.